The van der Waals surface area contributed by atoms with Gasteiger partial charge >= 0.3 is 0 Å². The Morgan fingerprint density at radius 2 is 1.52 bits per heavy atom. The smallest absolute Gasteiger partial charge is 0.224 e. The zero-order chi connectivity index (χ0) is 21.7. The maximum atomic E-state index is 12.3. The highest BCUT2D eigenvalue weighted by Crippen LogP contribution is 2.33. The van der Waals surface area contributed by atoms with E-state index in [1.165, 1.54) is 0 Å². The van der Waals surface area contributed by atoms with Crippen LogP contribution in [0.3, 0.4) is 0 Å². The fourth-order valence-corrected chi connectivity index (χ4v) is 5.75. The van der Waals surface area contributed by atoms with Crippen molar-refractivity contribution in [1.82, 2.24) is 5.32 Å². The van der Waals surface area contributed by atoms with Gasteiger partial charge in [-0.05, 0) is 47.5 Å². The predicted molar refractivity (Wildman–Crippen MR) is 123 cm³/mol. The summed E-state index contributed by atoms with van der Waals surface area (Å²) in [6.45, 7) is 0.506. The van der Waals surface area contributed by atoms with Gasteiger partial charge in [0.2, 0.25) is 5.91 Å². The Hall–Kier alpha value is -2.77. The van der Waals surface area contributed by atoms with E-state index >= 15 is 0 Å². The Morgan fingerprint density at radius 3 is 2.13 bits per heavy atom. The molecule has 160 valence electrons. The van der Waals surface area contributed by atoms with Gasteiger partial charge in [-0.25, -0.2) is 8.42 Å². The molecule has 1 N–H and O–H groups in total. The third-order valence-corrected chi connectivity index (χ3v) is 7.86. The molecule has 0 spiro atoms. The van der Waals surface area contributed by atoms with Gasteiger partial charge in [0.25, 0.3) is 0 Å². The summed E-state index contributed by atoms with van der Waals surface area (Å²) in [4.78, 5) is 12.5. The van der Waals surface area contributed by atoms with Crippen LogP contribution < -0.4 is 10.1 Å². The molecule has 1 amide bonds. The molecule has 1 aliphatic rings. The Bertz CT molecular complexity index is 1120. The minimum Gasteiger partial charge on any atom is -0.457 e. The van der Waals surface area contributed by atoms with Crippen molar-refractivity contribution in [3.8, 4) is 11.5 Å². The standard InChI is InChI=1S/C24H23NO4S2/c26-24(25-15-19-4-2-1-3-5-19)14-18-6-8-20(9-7-18)29-21-10-12-23(13-11-21)31(27,28)17-22-16-30-22/h1-13,22H,14-17H2,(H,25,26). The average molecular weight is 454 g/mol. The number of carbonyl (C=O) groups is 1. The molecule has 4 rings (SSSR count). The summed E-state index contributed by atoms with van der Waals surface area (Å²) in [7, 11) is -3.24. The number of nitrogens with one attached hydrogen (secondary N) is 1. The molecule has 1 saturated heterocycles. The summed E-state index contributed by atoms with van der Waals surface area (Å²) in [5.41, 5.74) is 1.95. The minimum absolute atomic E-state index is 0.0427. The number of sulfone groups is 1. The quantitative estimate of drug-likeness (QED) is 0.491. The zero-order valence-corrected chi connectivity index (χ0v) is 18.5. The van der Waals surface area contributed by atoms with Gasteiger partial charge in [-0.1, -0.05) is 42.5 Å². The molecule has 1 fully saturated rings. The van der Waals surface area contributed by atoms with E-state index in [0.29, 0.717) is 29.4 Å². The number of thioether (sulfide) groups is 1. The maximum absolute atomic E-state index is 12.3. The predicted octanol–water partition coefficient (Wildman–Crippen LogP) is 4.23. The summed E-state index contributed by atoms with van der Waals surface area (Å²) >= 11 is 1.67. The summed E-state index contributed by atoms with van der Waals surface area (Å²) in [5, 5.41) is 3.15. The maximum Gasteiger partial charge on any atom is 0.224 e. The number of hydrogen-bond donors (Lipinski definition) is 1. The topological polar surface area (TPSA) is 72.5 Å². The van der Waals surface area contributed by atoms with Crippen molar-refractivity contribution in [3.05, 3.63) is 90.0 Å². The van der Waals surface area contributed by atoms with Gasteiger partial charge in [-0.2, -0.15) is 11.8 Å². The van der Waals surface area contributed by atoms with E-state index in [-0.39, 0.29) is 16.9 Å². The first-order valence-corrected chi connectivity index (χ1v) is 12.7. The molecule has 5 nitrogen and oxygen atoms in total. The van der Waals surface area contributed by atoms with Crippen molar-refractivity contribution in [3.63, 3.8) is 0 Å². The monoisotopic (exact) mass is 453 g/mol. The van der Waals surface area contributed by atoms with Gasteiger partial charge < -0.3 is 10.1 Å². The van der Waals surface area contributed by atoms with Crippen LogP contribution in [0.15, 0.2) is 83.8 Å². The molecule has 31 heavy (non-hydrogen) atoms. The van der Waals surface area contributed by atoms with E-state index < -0.39 is 9.84 Å². The highest BCUT2D eigenvalue weighted by atomic mass is 32.2. The average Bonchev–Trinajstić information content (AvgIpc) is 3.58. The van der Waals surface area contributed by atoms with Crippen LogP contribution in [-0.2, 0) is 27.6 Å². The van der Waals surface area contributed by atoms with Crippen molar-refractivity contribution in [2.24, 2.45) is 0 Å². The summed E-state index contributed by atoms with van der Waals surface area (Å²) in [6.07, 6.45) is 0.291. The second-order valence-electron chi connectivity index (χ2n) is 7.39. The molecule has 0 bridgehead atoms. The van der Waals surface area contributed by atoms with Gasteiger partial charge in [0.05, 0.1) is 17.1 Å². The van der Waals surface area contributed by atoms with Crippen LogP contribution in [0.1, 0.15) is 11.1 Å². The van der Waals surface area contributed by atoms with Crippen molar-refractivity contribution in [1.29, 1.82) is 0 Å². The van der Waals surface area contributed by atoms with Crippen LogP contribution in [0.2, 0.25) is 0 Å². The van der Waals surface area contributed by atoms with Crippen LogP contribution in [0.5, 0.6) is 11.5 Å². The van der Waals surface area contributed by atoms with Gasteiger partial charge in [0.1, 0.15) is 11.5 Å². The molecule has 1 aliphatic heterocycles. The van der Waals surface area contributed by atoms with E-state index in [0.717, 1.165) is 16.9 Å². The van der Waals surface area contributed by atoms with Crippen LogP contribution >= 0.6 is 11.8 Å². The van der Waals surface area contributed by atoms with Crippen LogP contribution in [-0.4, -0.2) is 31.1 Å². The van der Waals surface area contributed by atoms with Crippen molar-refractivity contribution < 1.29 is 17.9 Å². The molecule has 1 heterocycles. The molecule has 0 saturated carbocycles. The van der Waals surface area contributed by atoms with Gasteiger partial charge in [0.15, 0.2) is 9.84 Å². The molecule has 3 aromatic rings. The molecule has 0 aromatic heterocycles. The molecule has 3 aromatic carbocycles. The molecule has 0 radical (unpaired) electrons. The number of carbonyl (C=O) groups excluding carboxylic acids is 1. The largest absolute Gasteiger partial charge is 0.457 e. The van der Waals surface area contributed by atoms with Crippen molar-refractivity contribution >= 4 is 27.5 Å². The van der Waals surface area contributed by atoms with Crippen molar-refractivity contribution in [2.45, 2.75) is 23.1 Å². The molecule has 1 unspecified atom stereocenters. The third kappa shape index (κ3) is 6.35. The van der Waals surface area contributed by atoms with Crippen LogP contribution in [0.25, 0.3) is 0 Å². The first kappa shape index (κ1) is 21.5. The Balaban J connectivity index is 1.29. The number of benzene rings is 3. The van der Waals surface area contributed by atoms with Gasteiger partial charge in [-0.3, -0.25) is 4.79 Å². The van der Waals surface area contributed by atoms with Gasteiger partial charge in [-0.15, -0.1) is 0 Å². The number of rotatable bonds is 9. The highest BCUT2D eigenvalue weighted by Gasteiger charge is 2.29. The lowest BCUT2D eigenvalue weighted by Gasteiger charge is -2.09. The first-order chi connectivity index (χ1) is 15.0. The Labute approximate surface area is 186 Å². The second kappa shape index (κ2) is 9.58. The molecular formula is C24H23NO4S2. The summed E-state index contributed by atoms with van der Waals surface area (Å²) in [6, 6.07) is 23.6. The second-order valence-corrected chi connectivity index (χ2v) is 10.8. The Morgan fingerprint density at radius 1 is 0.903 bits per heavy atom. The lowest BCUT2D eigenvalue weighted by Crippen LogP contribution is -2.24. The molecule has 0 aliphatic carbocycles. The fourth-order valence-electron chi connectivity index (χ4n) is 3.08. The minimum atomic E-state index is -3.24. The van der Waals surface area contributed by atoms with E-state index in [2.05, 4.69) is 5.32 Å². The van der Waals surface area contributed by atoms with Crippen LogP contribution in [0, 0.1) is 0 Å². The van der Waals surface area contributed by atoms with E-state index in [1.54, 1.807) is 48.2 Å². The normalized spacial score (nSPS) is 15.3. The van der Waals surface area contributed by atoms with Gasteiger partial charge in [0, 0.05) is 17.5 Å². The van der Waals surface area contributed by atoms with E-state index in [9.17, 15) is 13.2 Å². The highest BCUT2D eigenvalue weighted by molar-refractivity contribution is 8.08. The Kier molecular flexibility index (Phi) is 6.63. The van der Waals surface area contributed by atoms with Crippen molar-refractivity contribution in [2.75, 3.05) is 11.5 Å². The molecular weight excluding hydrogens is 430 g/mol. The van der Waals surface area contributed by atoms with E-state index in [4.69, 9.17) is 4.74 Å². The SMILES string of the molecule is O=C(Cc1ccc(Oc2ccc(S(=O)(=O)CC3CS3)cc2)cc1)NCc1ccccc1. The lowest BCUT2D eigenvalue weighted by atomic mass is 10.1. The number of hydrogen-bond acceptors (Lipinski definition) is 5. The molecule has 1 atom stereocenters. The third-order valence-electron chi connectivity index (χ3n) is 4.85. The summed E-state index contributed by atoms with van der Waals surface area (Å²) in [5.74, 6) is 2.26. The fraction of sp³-hybridized carbons (Fsp3) is 0.208. The first-order valence-electron chi connectivity index (χ1n) is 10.00. The summed E-state index contributed by atoms with van der Waals surface area (Å²) < 4.78 is 30.4. The molecule has 7 heteroatoms. The van der Waals surface area contributed by atoms with E-state index in [1.807, 2.05) is 42.5 Å². The number of ether oxygens (including phenoxy) is 1. The zero-order valence-electron chi connectivity index (χ0n) is 16.9. The number of amides is 1. The lowest BCUT2D eigenvalue weighted by molar-refractivity contribution is -0.120. The van der Waals surface area contributed by atoms with Crippen LogP contribution in [0.4, 0.5) is 0 Å².